The van der Waals surface area contributed by atoms with E-state index >= 15 is 0 Å². The summed E-state index contributed by atoms with van der Waals surface area (Å²) in [7, 11) is 0. The van der Waals surface area contributed by atoms with Crippen LogP contribution in [0.1, 0.15) is 25.0 Å². The minimum Gasteiger partial charge on any atom is -0.388 e. The van der Waals surface area contributed by atoms with Crippen molar-refractivity contribution in [1.82, 2.24) is 0 Å². The van der Waals surface area contributed by atoms with Crippen molar-refractivity contribution in [2.45, 2.75) is 25.6 Å². The fraction of sp³-hybridized carbons (Fsp3) is 0.500. The summed E-state index contributed by atoms with van der Waals surface area (Å²) in [6.07, 6.45) is -0.321. The van der Waals surface area contributed by atoms with Crippen LogP contribution in [0.5, 0.6) is 0 Å². The summed E-state index contributed by atoms with van der Waals surface area (Å²) in [5.74, 6) is -1.36. The van der Waals surface area contributed by atoms with Crippen LogP contribution in [0.25, 0.3) is 0 Å². The maximum absolute atomic E-state index is 13.6. The molecule has 0 aliphatic carbocycles. The Morgan fingerprint density at radius 1 is 1.41 bits per heavy atom. The lowest BCUT2D eigenvalue weighted by molar-refractivity contribution is 0.0782. The fourth-order valence-electron chi connectivity index (χ4n) is 2.09. The van der Waals surface area contributed by atoms with Crippen molar-refractivity contribution in [3.8, 4) is 0 Å². The summed E-state index contributed by atoms with van der Waals surface area (Å²) >= 11 is 2.90. The predicted octanol–water partition coefficient (Wildman–Crippen LogP) is 3.19. The predicted molar refractivity (Wildman–Crippen MR) is 62.5 cm³/mol. The second kappa shape index (κ2) is 5.00. The van der Waals surface area contributed by atoms with Crippen LogP contribution < -0.4 is 0 Å². The first-order valence-electron chi connectivity index (χ1n) is 5.43. The normalized spacial score (nSPS) is 26.2. The van der Waals surface area contributed by atoms with Gasteiger partial charge in [0.15, 0.2) is 0 Å². The quantitative estimate of drug-likeness (QED) is 0.850. The van der Waals surface area contributed by atoms with E-state index in [2.05, 4.69) is 15.9 Å². The van der Waals surface area contributed by atoms with Crippen LogP contribution in [0.4, 0.5) is 8.78 Å². The van der Waals surface area contributed by atoms with Gasteiger partial charge in [0.05, 0.1) is 23.3 Å². The van der Waals surface area contributed by atoms with Gasteiger partial charge >= 0.3 is 0 Å². The Labute approximate surface area is 107 Å². The van der Waals surface area contributed by atoms with Crippen molar-refractivity contribution >= 4 is 15.9 Å². The molecule has 1 aromatic rings. The molecule has 0 saturated carbocycles. The first kappa shape index (κ1) is 12.9. The van der Waals surface area contributed by atoms with Gasteiger partial charge in [0.1, 0.15) is 11.6 Å². The Morgan fingerprint density at radius 2 is 2.12 bits per heavy atom. The summed E-state index contributed by atoms with van der Waals surface area (Å²) in [5.41, 5.74) is -0.00611. The van der Waals surface area contributed by atoms with Gasteiger partial charge in [-0.05, 0) is 41.4 Å². The zero-order valence-corrected chi connectivity index (χ0v) is 10.9. The zero-order chi connectivity index (χ0) is 12.6. The fourth-order valence-corrected chi connectivity index (χ4v) is 2.40. The number of ether oxygens (including phenoxy) is 1. The Kier molecular flexibility index (Phi) is 3.80. The van der Waals surface area contributed by atoms with Gasteiger partial charge in [-0.25, -0.2) is 8.78 Å². The molecule has 1 heterocycles. The molecule has 2 nitrogen and oxygen atoms in total. The summed E-state index contributed by atoms with van der Waals surface area (Å²) in [6, 6.07) is 2.07. The Balaban J connectivity index is 2.24. The van der Waals surface area contributed by atoms with Gasteiger partial charge in [-0.1, -0.05) is 0 Å². The van der Waals surface area contributed by atoms with Crippen LogP contribution in [0.15, 0.2) is 16.6 Å². The second-order valence-corrected chi connectivity index (χ2v) is 5.23. The molecule has 94 valence electrons. The number of halogens is 3. The molecular formula is C12H13BrF2O2. The molecule has 2 rings (SSSR count). The highest BCUT2D eigenvalue weighted by Crippen LogP contribution is 2.34. The standard InChI is InChI=1S/C12H13BrF2O2/c1-6-2-7(5-17-6)12(16)8-3-11(15)9(13)4-10(8)14/h3-4,6-7,12,16H,2,5H2,1H3. The largest absolute Gasteiger partial charge is 0.388 e. The molecule has 0 spiro atoms. The van der Waals surface area contributed by atoms with Gasteiger partial charge < -0.3 is 9.84 Å². The monoisotopic (exact) mass is 306 g/mol. The highest BCUT2D eigenvalue weighted by Gasteiger charge is 2.31. The van der Waals surface area contributed by atoms with E-state index in [1.54, 1.807) is 0 Å². The molecule has 1 saturated heterocycles. The number of aliphatic hydroxyl groups is 1. The van der Waals surface area contributed by atoms with Gasteiger partial charge in [-0.15, -0.1) is 0 Å². The van der Waals surface area contributed by atoms with E-state index in [0.29, 0.717) is 13.0 Å². The van der Waals surface area contributed by atoms with Crippen molar-refractivity contribution < 1.29 is 18.6 Å². The van der Waals surface area contributed by atoms with Gasteiger partial charge in [0, 0.05) is 11.5 Å². The van der Waals surface area contributed by atoms with E-state index in [9.17, 15) is 13.9 Å². The third-order valence-electron chi connectivity index (χ3n) is 3.03. The lowest BCUT2D eigenvalue weighted by atomic mass is 9.93. The van der Waals surface area contributed by atoms with Crippen LogP contribution >= 0.6 is 15.9 Å². The number of rotatable bonds is 2. The SMILES string of the molecule is CC1CC(C(O)c2cc(F)c(Br)cc2F)CO1. The number of benzene rings is 1. The van der Waals surface area contributed by atoms with Crippen LogP contribution in [-0.4, -0.2) is 17.8 Å². The van der Waals surface area contributed by atoms with Crippen molar-refractivity contribution in [3.05, 3.63) is 33.8 Å². The molecule has 0 radical (unpaired) electrons. The molecule has 1 fully saturated rings. The first-order chi connectivity index (χ1) is 7.99. The third kappa shape index (κ3) is 2.67. The second-order valence-electron chi connectivity index (χ2n) is 4.37. The van der Waals surface area contributed by atoms with Crippen LogP contribution in [0.2, 0.25) is 0 Å². The number of aliphatic hydroxyl groups excluding tert-OH is 1. The summed E-state index contributed by atoms with van der Waals surface area (Å²) in [4.78, 5) is 0. The lowest BCUT2D eigenvalue weighted by Gasteiger charge is -2.18. The molecule has 3 atom stereocenters. The Morgan fingerprint density at radius 3 is 2.71 bits per heavy atom. The topological polar surface area (TPSA) is 29.5 Å². The summed E-state index contributed by atoms with van der Waals surface area (Å²) < 4.78 is 32.3. The van der Waals surface area contributed by atoms with Crippen molar-refractivity contribution in [2.24, 2.45) is 5.92 Å². The molecule has 0 aromatic heterocycles. The molecule has 3 unspecified atom stereocenters. The summed E-state index contributed by atoms with van der Waals surface area (Å²) in [5, 5.41) is 10.0. The van der Waals surface area contributed by atoms with E-state index < -0.39 is 17.7 Å². The number of hydrogen-bond donors (Lipinski definition) is 1. The smallest absolute Gasteiger partial charge is 0.137 e. The highest BCUT2D eigenvalue weighted by molar-refractivity contribution is 9.10. The maximum atomic E-state index is 13.6. The maximum Gasteiger partial charge on any atom is 0.137 e. The lowest BCUT2D eigenvalue weighted by Crippen LogP contribution is -2.14. The first-order valence-corrected chi connectivity index (χ1v) is 6.22. The van der Waals surface area contributed by atoms with Crippen molar-refractivity contribution in [2.75, 3.05) is 6.61 Å². The van der Waals surface area contributed by atoms with Crippen LogP contribution in [0.3, 0.4) is 0 Å². The molecule has 0 bridgehead atoms. The van der Waals surface area contributed by atoms with Gasteiger partial charge in [0.25, 0.3) is 0 Å². The van der Waals surface area contributed by atoms with Crippen molar-refractivity contribution in [3.63, 3.8) is 0 Å². The number of hydrogen-bond acceptors (Lipinski definition) is 2. The molecule has 1 aliphatic rings. The Hall–Kier alpha value is -0.520. The van der Waals surface area contributed by atoms with E-state index in [1.807, 2.05) is 6.92 Å². The van der Waals surface area contributed by atoms with E-state index in [0.717, 1.165) is 12.1 Å². The van der Waals surface area contributed by atoms with E-state index in [4.69, 9.17) is 4.74 Å². The highest BCUT2D eigenvalue weighted by atomic mass is 79.9. The molecule has 1 aromatic carbocycles. The minimum absolute atomic E-state index is 0.00611. The molecule has 17 heavy (non-hydrogen) atoms. The average molecular weight is 307 g/mol. The van der Waals surface area contributed by atoms with Crippen LogP contribution in [0, 0.1) is 17.6 Å². The molecular weight excluding hydrogens is 294 g/mol. The molecule has 5 heteroatoms. The summed E-state index contributed by atoms with van der Waals surface area (Å²) in [6.45, 7) is 2.27. The Bertz CT molecular complexity index is 425. The van der Waals surface area contributed by atoms with Gasteiger partial charge in [0.2, 0.25) is 0 Å². The van der Waals surface area contributed by atoms with E-state index in [-0.39, 0.29) is 22.1 Å². The molecule has 1 N–H and O–H groups in total. The van der Waals surface area contributed by atoms with Gasteiger partial charge in [-0.3, -0.25) is 0 Å². The van der Waals surface area contributed by atoms with Gasteiger partial charge in [-0.2, -0.15) is 0 Å². The zero-order valence-electron chi connectivity index (χ0n) is 9.29. The van der Waals surface area contributed by atoms with Crippen LogP contribution in [-0.2, 0) is 4.74 Å². The third-order valence-corrected chi connectivity index (χ3v) is 3.64. The average Bonchev–Trinajstić information content (AvgIpc) is 2.69. The van der Waals surface area contributed by atoms with Crippen molar-refractivity contribution in [1.29, 1.82) is 0 Å². The molecule has 1 aliphatic heterocycles. The minimum atomic E-state index is -1.03. The van der Waals surface area contributed by atoms with E-state index in [1.165, 1.54) is 0 Å². The molecule has 0 amide bonds.